The fraction of sp³-hybridized carbons (Fsp3) is 0.188. The van der Waals surface area contributed by atoms with Crippen molar-refractivity contribution in [3.8, 4) is 5.75 Å². The van der Waals surface area contributed by atoms with Crippen LogP contribution in [-0.4, -0.2) is 25.0 Å². The first-order valence-corrected chi connectivity index (χ1v) is 12.8. The summed E-state index contributed by atoms with van der Waals surface area (Å²) in [6, 6.07) is 34.5. The molecule has 0 aromatic heterocycles. The summed E-state index contributed by atoms with van der Waals surface area (Å²) in [5.41, 5.74) is 4.37. The van der Waals surface area contributed by atoms with Gasteiger partial charge in [0.1, 0.15) is 5.75 Å². The van der Waals surface area contributed by atoms with Gasteiger partial charge in [0.2, 0.25) is 5.91 Å². The van der Waals surface area contributed by atoms with Gasteiger partial charge in [-0.3, -0.25) is 9.59 Å². The highest BCUT2D eigenvalue weighted by Crippen LogP contribution is 2.17. The molecule has 4 aromatic rings. The Bertz CT molecular complexity index is 1290. The normalized spacial score (nSPS) is 11.3. The minimum absolute atomic E-state index is 0.0922. The molecule has 4 aromatic carbocycles. The third-order valence-electron chi connectivity index (χ3n) is 6.11. The number of anilines is 2. The van der Waals surface area contributed by atoms with Crippen LogP contribution in [0.2, 0.25) is 0 Å². The monoisotopic (exact) mass is 507 g/mol. The summed E-state index contributed by atoms with van der Waals surface area (Å²) in [6.07, 6.45) is 1.91. The van der Waals surface area contributed by atoms with Crippen LogP contribution in [0.1, 0.15) is 40.9 Å². The molecule has 2 amide bonds. The molecule has 0 bridgehead atoms. The van der Waals surface area contributed by atoms with Crippen LogP contribution in [0.4, 0.5) is 11.4 Å². The zero-order chi connectivity index (χ0) is 26.6. The largest absolute Gasteiger partial charge is 0.494 e. The van der Waals surface area contributed by atoms with Crippen LogP contribution in [-0.2, 0) is 11.2 Å². The van der Waals surface area contributed by atoms with E-state index in [0.29, 0.717) is 17.9 Å². The summed E-state index contributed by atoms with van der Waals surface area (Å²) >= 11 is 0. The molecule has 4 rings (SSSR count). The molecule has 0 aliphatic heterocycles. The number of benzene rings is 4. The van der Waals surface area contributed by atoms with Gasteiger partial charge in [-0.25, -0.2) is 0 Å². The number of ether oxygens (including phenoxy) is 1. The summed E-state index contributed by atoms with van der Waals surface area (Å²) < 4.78 is 5.81. The number of amides is 2. The topological polar surface area (TPSA) is 79.5 Å². The predicted octanol–water partition coefficient (Wildman–Crippen LogP) is 6.24. The van der Waals surface area contributed by atoms with Crippen molar-refractivity contribution < 1.29 is 14.3 Å². The smallest absolute Gasteiger partial charge is 0.251 e. The van der Waals surface area contributed by atoms with E-state index >= 15 is 0 Å². The Morgan fingerprint density at radius 2 is 1.39 bits per heavy atom. The van der Waals surface area contributed by atoms with Crippen molar-refractivity contribution in [2.45, 2.75) is 25.8 Å². The Labute approximate surface area is 224 Å². The SMILES string of the molecule is CC(NC(=O)c1ccc(NCC(=O)Nc2ccc(OCCCc3ccccc3)cc2)cc1)c1ccccc1. The quantitative estimate of drug-likeness (QED) is 0.198. The average molecular weight is 508 g/mol. The van der Waals surface area contributed by atoms with Gasteiger partial charge in [-0.1, -0.05) is 60.7 Å². The minimum Gasteiger partial charge on any atom is -0.494 e. The highest BCUT2D eigenvalue weighted by Gasteiger charge is 2.11. The zero-order valence-corrected chi connectivity index (χ0v) is 21.5. The van der Waals surface area contributed by atoms with Crippen molar-refractivity contribution in [2.24, 2.45) is 0 Å². The lowest BCUT2D eigenvalue weighted by Gasteiger charge is -2.14. The van der Waals surface area contributed by atoms with Gasteiger partial charge in [-0.05, 0) is 79.4 Å². The number of aryl methyl sites for hydroxylation is 1. The molecule has 0 aliphatic carbocycles. The lowest BCUT2D eigenvalue weighted by atomic mass is 10.1. The van der Waals surface area contributed by atoms with Crippen LogP contribution in [0.3, 0.4) is 0 Å². The number of hydrogen-bond acceptors (Lipinski definition) is 4. The predicted molar refractivity (Wildman–Crippen MR) is 153 cm³/mol. The molecule has 3 N–H and O–H groups in total. The van der Waals surface area contributed by atoms with E-state index in [2.05, 4.69) is 28.1 Å². The maximum absolute atomic E-state index is 12.6. The van der Waals surface area contributed by atoms with Crippen molar-refractivity contribution in [2.75, 3.05) is 23.8 Å². The summed E-state index contributed by atoms with van der Waals surface area (Å²) in [4.78, 5) is 24.9. The molecule has 6 nitrogen and oxygen atoms in total. The molecule has 1 atom stereocenters. The summed E-state index contributed by atoms with van der Waals surface area (Å²) in [6.45, 7) is 2.70. The second-order valence-corrected chi connectivity index (χ2v) is 9.05. The number of nitrogens with one attached hydrogen (secondary N) is 3. The van der Waals surface area contributed by atoms with E-state index in [0.717, 1.165) is 29.8 Å². The van der Waals surface area contributed by atoms with Gasteiger partial charge < -0.3 is 20.7 Å². The van der Waals surface area contributed by atoms with Crippen molar-refractivity contribution >= 4 is 23.2 Å². The van der Waals surface area contributed by atoms with Gasteiger partial charge >= 0.3 is 0 Å². The summed E-state index contributed by atoms with van der Waals surface area (Å²) in [7, 11) is 0. The maximum Gasteiger partial charge on any atom is 0.251 e. The fourth-order valence-electron chi connectivity index (χ4n) is 3.98. The van der Waals surface area contributed by atoms with E-state index in [1.54, 1.807) is 24.3 Å². The Morgan fingerprint density at radius 1 is 0.763 bits per heavy atom. The van der Waals surface area contributed by atoms with E-state index < -0.39 is 0 Å². The second-order valence-electron chi connectivity index (χ2n) is 9.05. The first-order valence-electron chi connectivity index (χ1n) is 12.8. The van der Waals surface area contributed by atoms with E-state index in [9.17, 15) is 9.59 Å². The third-order valence-corrected chi connectivity index (χ3v) is 6.11. The van der Waals surface area contributed by atoms with Gasteiger partial charge in [0, 0.05) is 16.9 Å². The molecule has 0 aliphatic rings. The van der Waals surface area contributed by atoms with Crippen molar-refractivity contribution in [3.63, 3.8) is 0 Å². The number of rotatable bonds is 12. The summed E-state index contributed by atoms with van der Waals surface area (Å²) in [5.74, 6) is 0.464. The Balaban J connectivity index is 1.16. The first kappa shape index (κ1) is 26.5. The molecule has 0 radical (unpaired) electrons. The number of carbonyl (C=O) groups is 2. The fourth-order valence-corrected chi connectivity index (χ4v) is 3.98. The summed E-state index contributed by atoms with van der Waals surface area (Å²) in [5, 5.41) is 8.96. The van der Waals surface area contributed by atoms with Crippen molar-refractivity contribution in [1.29, 1.82) is 0 Å². The molecule has 1 unspecified atom stereocenters. The molecule has 0 saturated carbocycles. The highest BCUT2D eigenvalue weighted by atomic mass is 16.5. The van der Waals surface area contributed by atoms with Gasteiger partial charge in [-0.15, -0.1) is 0 Å². The molecular weight excluding hydrogens is 474 g/mol. The van der Waals surface area contributed by atoms with Crippen LogP contribution in [0.25, 0.3) is 0 Å². The molecule has 0 heterocycles. The van der Waals surface area contributed by atoms with Crippen LogP contribution < -0.4 is 20.7 Å². The zero-order valence-electron chi connectivity index (χ0n) is 21.5. The van der Waals surface area contributed by atoms with Gasteiger partial charge in [0.05, 0.1) is 19.2 Å². The molecular formula is C32H33N3O3. The van der Waals surface area contributed by atoms with Gasteiger partial charge in [0.15, 0.2) is 0 Å². The van der Waals surface area contributed by atoms with Crippen LogP contribution >= 0.6 is 0 Å². The van der Waals surface area contributed by atoms with Crippen molar-refractivity contribution in [3.05, 3.63) is 126 Å². The van der Waals surface area contributed by atoms with E-state index in [-0.39, 0.29) is 24.4 Å². The maximum atomic E-state index is 12.6. The van der Waals surface area contributed by atoms with E-state index in [1.807, 2.05) is 79.7 Å². The highest BCUT2D eigenvalue weighted by molar-refractivity contribution is 5.95. The molecule has 194 valence electrons. The van der Waals surface area contributed by atoms with Crippen LogP contribution in [0.5, 0.6) is 5.75 Å². The molecule has 0 saturated heterocycles. The molecule has 0 spiro atoms. The van der Waals surface area contributed by atoms with Gasteiger partial charge in [-0.2, -0.15) is 0 Å². The van der Waals surface area contributed by atoms with Crippen molar-refractivity contribution in [1.82, 2.24) is 5.32 Å². The average Bonchev–Trinajstić information content (AvgIpc) is 2.96. The van der Waals surface area contributed by atoms with Crippen LogP contribution in [0, 0.1) is 0 Å². The van der Waals surface area contributed by atoms with Crippen LogP contribution in [0.15, 0.2) is 109 Å². The Hall–Kier alpha value is -4.58. The third kappa shape index (κ3) is 8.23. The second kappa shape index (κ2) is 13.7. The van der Waals surface area contributed by atoms with E-state index in [1.165, 1.54) is 5.56 Å². The van der Waals surface area contributed by atoms with E-state index in [4.69, 9.17) is 4.74 Å². The standard InChI is InChI=1S/C32H33N3O3/c1-24(26-12-6-3-7-13-26)34-32(37)27-14-16-28(17-15-27)33-23-31(36)35-29-18-20-30(21-19-29)38-22-8-11-25-9-4-2-5-10-25/h2-7,9-10,12-21,24,33H,8,11,22-23H2,1H3,(H,34,37)(H,35,36). The van der Waals surface area contributed by atoms with Gasteiger partial charge in [0.25, 0.3) is 5.91 Å². The Kier molecular flexibility index (Phi) is 9.51. The molecule has 38 heavy (non-hydrogen) atoms. The first-order chi connectivity index (χ1) is 18.6. The minimum atomic E-state index is -0.167. The number of carbonyl (C=O) groups excluding carboxylic acids is 2. The lowest BCUT2D eigenvalue weighted by Crippen LogP contribution is -2.26. The Morgan fingerprint density at radius 3 is 2.08 bits per heavy atom. The molecule has 0 fully saturated rings. The molecule has 6 heteroatoms. The lowest BCUT2D eigenvalue weighted by molar-refractivity contribution is -0.114. The number of hydrogen-bond donors (Lipinski definition) is 3.